The third-order valence-electron chi connectivity index (χ3n) is 5.84. The number of hydrogen-bond acceptors (Lipinski definition) is 6. The first-order chi connectivity index (χ1) is 12.2. The van der Waals surface area contributed by atoms with Crippen LogP contribution in [0.25, 0.3) is 0 Å². The second kappa shape index (κ2) is 7.20. The number of nitrogens with zero attached hydrogens (tertiary/aromatic N) is 3. The van der Waals surface area contributed by atoms with E-state index < -0.39 is 0 Å². The smallest absolute Gasteiger partial charge is 0.225 e. The number of carbonyl (C=O) groups is 1. The van der Waals surface area contributed by atoms with Crippen LogP contribution in [-0.4, -0.2) is 40.5 Å². The van der Waals surface area contributed by atoms with Crippen molar-refractivity contribution in [3.63, 3.8) is 0 Å². The fourth-order valence-electron chi connectivity index (χ4n) is 4.34. The fraction of sp³-hybridized carbons (Fsp3) is 0.722. The molecule has 0 unspecified atom stereocenters. The van der Waals surface area contributed by atoms with Gasteiger partial charge >= 0.3 is 0 Å². The van der Waals surface area contributed by atoms with Gasteiger partial charge in [0.15, 0.2) is 11.3 Å². The number of nitrogens with one attached hydrogen (secondary N) is 2. The monoisotopic (exact) mass is 359 g/mol. The van der Waals surface area contributed by atoms with Gasteiger partial charge in [-0.15, -0.1) is 11.3 Å². The van der Waals surface area contributed by atoms with E-state index in [4.69, 9.17) is 5.26 Å². The third-order valence-corrected chi connectivity index (χ3v) is 6.93. The maximum atomic E-state index is 12.3. The molecule has 6 nitrogen and oxygen atoms in total. The molecule has 2 saturated carbocycles. The highest BCUT2D eigenvalue weighted by Crippen LogP contribution is 2.37. The first kappa shape index (κ1) is 16.6. The van der Waals surface area contributed by atoms with E-state index in [9.17, 15) is 4.79 Å². The molecule has 1 amide bonds. The lowest BCUT2D eigenvalue weighted by Gasteiger charge is -2.40. The minimum Gasteiger partial charge on any atom is -0.356 e. The van der Waals surface area contributed by atoms with Gasteiger partial charge in [0.25, 0.3) is 0 Å². The standard InChI is InChI=1S/C18H25N5OS/c19-11-21-13-6-15(7-13)23-10-14(8-17(23)24)22-18-20-9-16(25-18)12-4-2-1-3-5-12/h9,12-15,21H,1-8,10H2,(H,20,22)/t13-,14-,15-/m0/s1. The van der Waals surface area contributed by atoms with Gasteiger partial charge < -0.3 is 15.5 Å². The molecule has 0 aromatic carbocycles. The van der Waals surface area contributed by atoms with Crippen molar-refractivity contribution in [3.8, 4) is 6.19 Å². The molecule has 134 valence electrons. The molecule has 1 aliphatic heterocycles. The molecule has 7 heteroatoms. The minimum absolute atomic E-state index is 0.154. The second-order valence-electron chi connectivity index (χ2n) is 7.57. The quantitative estimate of drug-likeness (QED) is 0.624. The van der Waals surface area contributed by atoms with Gasteiger partial charge in [-0.1, -0.05) is 19.3 Å². The number of hydrogen-bond donors (Lipinski definition) is 2. The average Bonchev–Trinajstić information content (AvgIpc) is 3.19. The van der Waals surface area contributed by atoms with Gasteiger partial charge in [0, 0.05) is 36.1 Å². The van der Waals surface area contributed by atoms with Crippen LogP contribution in [0, 0.1) is 11.5 Å². The summed E-state index contributed by atoms with van der Waals surface area (Å²) in [5, 5.41) is 15.9. The predicted molar refractivity (Wildman–Crippen MR) is 97.2 cm³/mol. The Bertz CT molecular complexity index is 657. The molecule has 2 aliphatic carbocycles. The van der Waals surface area contributed by atoms with Crippen LogP contribution >= 0.6 is 11.3 Å². The molecular formula is C18H25N5OS. The largest absolute Gasteiger partial charge is 0.356 e. The van der Waals surface area contributed by atoms with Gasteiger partial charge in [0.1, 0.15) is 0 Å². The van der Waals surface area contributed by atoms with Crippen LogP contribution in [-0.2, 0) is 4.79 Å². The first-order valence-electron chi connectivity index (χ1n) is 9.39. The fourth-order valence-corrected chi connectivity index (χ4v) is 5.40. The van der Waals surface area contributed by atoms with Crippen molar-refractivity contribution in [2.75, 3.05) is 11.9 Å². The zero-order valence-corrected chi connectivity index (χ0v) is 15.2. The van der Waals surface area contributed by atoms with Crippen molar-refractivity contribution in [3.05, 3.63) is 11.1 Å². The summed E-state index contributed by atoms with van der Waals surface area (Å²) < 4.78 is 0. The predicted octanol–water partition coefficient (Wildman–Crippen LogP) is 2.81. The van der Waals surface area contributed by atoms with Crippen LogP contribution in [0.5, 0.6) is 0 Å². The highest BCUT2D eigenvalue weighted by atomic mass is 32.1. The Hall–Kier alpha value is -1.81. The number of likely N-dealkylation sites (tertiary alicyclic amines) is 1. The number of amides is 1. The Balaban J connectivity index is 1.30. The topological polar surface area (TPSA) is 81.1 Å². The van der Waals surface area contributed by atoms with E-state index in [0.29, 0.717) is 18.4 Å². The summed E-state index contributed by atoms with van der Waals surface area (Å²) in [6.07, 6.45) is 12.9. The van der Waals surface area contributed by atoms with Crippen LogP contribution in [0.15, 0.2) is 6.20 Å². The number of aromatic nitrogens is 1. The van der Waals surface area contributed by atoms with Crippen molar-refractivity contribution in [1.82, 2.24) is 15.2 Å². The zero-order chi connectivity index (χ0) is 17.2. The van der Waals surface area contributed by atoms with Crippen LogP contribution in [0.1, 0.15) is 62.2 Å². The second-order valence-corrected chi connectivity index (χ2v) is 8.63. The summed E-state index contributed by atoms with van der Waals surface area (Å²) in [6, 6.07) is 0.687. The Morgan fingerprint density at radius 3 is 2.80 bits per heavy atom. The lowest BCUT2D eigenvalue weighted by atomic mass is 9.86. The average molecular weight is 359 g/mol. The van der Waals surface area contributed by atoms with Crippen LogP contribution in [0.4, 0.5) is 5.13 Å². The zero-order valence-electron chi connectivity index (χ0n) is 14.4. The molecule has 25 heavy (non-hydrogen) atoms. The number of rotatable bonds is 5. The Labute approximate surface area is 152 Å². The van der Waals surface area contributed by atoms with Crippen LogP contribution in [0.3, 0.4) is 0 Å². The maximum absolute atomic E-state index is 12.3. The molecule has 0 bridgehead atoms. The van der Waals surface area contributed by atoms with E-state index in [1.54, 1.807) is 11.3 Å². The van der Waals surface area contributed by atoms with Crippen LogP contribution < -0.4 is 10.6 Å². The summed E-state index contributed by atoms with van der Waals surface area (Å²) in [6.45, 7) is 0.751. The Morgan fingerprint density at radius 2 is 2.04 bits per heavy atom. The normalized spacial score (nSPS) is 30.0. The van der Waals surface area contributed by atoms with Gasteiger partial charge in [0.2, 0.25) is 5.91 Å². The van der Waals surface area contributed by atoms with E-state index in [-0.39, 0.29) is 18.0 Å². The van der Waals surface area contributed by atoms with Gasteiger partial charge in [-0.25, -0.2) is 4.98 Å². The van der Waals surface area contributed by atoms with Gasteiger partial charge in [-0.3, -0.25) is 4.79 Å². The van der Waals surface area contributed by atoms with Crippen molar-refractivity contribution in [2.45, 2.75) is 75.4 Å². The maximum Gasteiger partial charge on any atom is 0.225 e. The SMILES string of the molecule is N#CN[C@H]1C[C@H](N2C[C@@H](Nc3ncc(C4CCCCC4)s3)CC2=O)C1. The van der Waals surface area contributed by atoms with Gasteiger partial charge in [-0.2, -0.15) is 5.26 Å². The molecule has 1 atom stereocenters. The number of thiazole rings is 1. The molecule has 1 aromatic rings. The number of carbonyl (C=O) groups excluding carboxylic acids is 1. The van der Waals surface area contributed by atoms with E-state index in [0.717, 1.165) is 24.5 Å². The Kier molecular flexibility index (Phi) is 4.80. The van der Waals surface area contributed by atoms with E-state index in [1.807, 2.05) is 17.3 Å². The van der Waals surface area contributed by atoms with Gasteiger partial charge in [0.05, 0.1) is 6.04 Å². The molecule has 0 spiro atoms. The number of anilines is 1. The summed E-state index contributed by atoms with van der Waals surface area (Å²) in [7, 11) is 0. The van der Waals surface area contributed by atoms with Crippen molar-refractivity contribution in [2.24, 2.45) is 0 Å². The molecular weight excluding hydrogens is 334 g/mol. The summed E-state index contributed by atoms with van der Waals surface area (Å²) in [4.78, 5) is 20.2. The van der Waals surface area contributed by atoms with Crippen molar-refractivity contribution in [1.29, 1.82) is 5.26 Å². The molecule has 1 saturated heterocycles. The molecule has 1 aromatic heterocycles. The van der Waals surface area contributed by atoms with Gasteiger partial charge in [-0.05, 0) is 31.6 Å². The molecule has 0 radical (unpaired) electrons. The van der Waals surface area contributed by atoms with Crippen LogP contribution in [0.2, 0.25) is 0 Å². The highest BCUT2D eigenvalue weighted by molar-refractivity contribution is 7.15. The van der Waals surface area contributed by atoms with Crippen molar-refractivity contribution < 1.29 is 4.79 Å². The van der Waals surface area contributed by atoms with E-state index in [1.165, 1.54) is 37.0 Å². The summed E-state index contributed by atoms with van der Waals surface area (Å²) in [5.41, 5.74) is 0. The minimum atomic E-state index is 0.154. The molecule has 2 N–H and O–H groups in total. The lowest BCUT2D eigenvalue weighted by molar-refractivity contribution is -0.131. The Morgan fingerprint density at radius 1 is 1.24 bits per heavy atom. The van der Waals surface area contributed by atoms with E-state index >= 15 is 0 Å². The lowest BCUT2D eigenvalue weighted by Crippen LogP contribution is -2.52. The summed E-state index contributed by atoms with van der Waals surface area (Å²) >= 11 is 1.77. The number of nitriles is 1. The molecule has 3 aliphatic rings. The third kappa shape index (κ3) is 3.59. The van der Waals surface area contributed by atoms with Crippen molar-refractivity contribution >= 4 is 22.4 Å². The molecule has 3 fully saturated rings. The molecule has 2 heterocycles. The first-order valence-corrected chi connectivity index (χ1v) is 10.2. The summed E-state index contributed by atoms with van der Waals surface area (Å²) in [5.74, 6) is 0.907. The van der Waals surface area contributed by atoms with E-state index in [2.05, 4.69) is 15.6 Å². The molecule has 4 rings (SSSR count). The highest BCUT2D eigenvalue weighted by Gasteiger charge is 2.41.